The predicted molar refractivity (Wildman–Crippen MR) is 89.7 cm³/mol. The van der Waals surface area contributed by atoms with Crippen LogP contribution in [0.25, 0.3) is 22.1 Å². The van der Waals surface area contributed by atoms with Crippen LogP contribution in [0.15, 0.2) is 66.7 Å². The van der Waals surface area contributed by atoms with E-state index in [0.717, 1.165) is 39.1 Å². The van der Waals surface area contributed by atoms with Gasteiger partial charge in [0.15, 0.2) is 0 Å². The molecule has 0 N–H and O–H groups in total. The molecule has 0 saturated heterocycles. The molecule has 0 spiro atoms. The number of hydrogen-bond acceptors (Lipinski definition) is 5. The molecule has 0 aliphatic carbocycles. The summed E-state index contributed by atoms with van der Waals surface area (Å²) in [6.07, 6.45) is 0. The summed E-state index contributed by atoms with van der Waals surface area (Å²) in [7, 11) is 0. The van der Waals surface area contributed by atoms with Crippen LogP contribution in [0.4, 0.5) is 17.1 Å². The van der Waals surface area contributed by atoms with Crippen molar-refractivity contribution >= 4 is 39.1 Å². The Morgan fingerprint density at radius 3 is 1.61 bits per heavy atom. The average Bonchev–Trinajstić information content (AvgIpc) is 2.56. The molecule has 0 bridgehead atoms. The predicted octanol–water partition coefficient (Wildman–Crippen LogP) is 3.92. The zero-order chi connectivity index (χ0) is 15.2. The normalized spacial score (nSPS) is 11.5. The van der Waals surface area contributed by atoms with Gasteiger partial charge >= 0.3 is 0 Å². The Morgan fingerprint density at radius 2 is 1.13 bits per heavy atom. The lowest BCUT2D eigenvalue weighted by Crippen LogP contribution is -2.13. The van der Waals surface area contributed by atoms with Gasteiger partial charge < -0.3 is 4.90 Å². The molecule has 0 saturated carbocycles. The molecule has 0 unspecified atom stereocenters. The number of para-hydroxylation sites is 2. The fourth-order valence-corrected chi connectivity index (χ4v) is 2.86. The van der Waals surface area contributed by atoms with Crippen LogP contribution in [0, 0.1) is 0 Å². The highest BCUT2D eigenvalue weighted by Crippen LogP contribution is 2.40. The van der Waals surface area contributed by atoms with Gasteiger partial charge in [0.2, 0.25) is 0 Å². The van der Waals surface area contributed by atoms with E-state index < -0.39 is 0 Å². The van der Waals surface area contributed by atoms with Crippen molar-refractivity contribution in [2.45, 2.75) is 0 Å². The summed E-state index contributed by atoms with van der Waals surface area (Å²) >= 11 is 0. The van der Waals surface area contributed by atoms with Crippen LogP contribution in [0.1, 0.15) is 0 Å². The third-order valence-corrected chi connectivity index (χ3v) is 3.98. The molecule has 0 atom stereocenters. The van der Waals surface area contributed by atoms with Gasteiger partial charge in [-0.2, -0.15) is 0 Å². The van der Waals surface area contributed by atoms with Crippen molar-refractivity contribution in [1.29, 1.82) is 0 Å². The molecule has 0 aliphatic rings. The smallest absolute Gasteiger partial charge is 0.145 e. The maximum Gasteiger partial charge on any atom is 0.145 e. The molecule has 5 nitrogen and oxygen atoms in total. The van der Waals surface area contributed by atoms with Gasteiger partial charge in [0.05, 0.1) is 5.69 Å². The first-order chi connectivity index (χ1) is 11.4. The van der Waals surface area contributed by atoms with Gasteiger partial charge in [-0.25, -0.2) is 0 Å². The lowest BCUT2D eigenvalue weighted by molar-refractivity contribution is 1.02. The summed E-state index contributed by atoms with van der Waals surface area (Å²) < 4.78 is 0. The largest absolute Gasteiger partial charge is 0.308 e. The molecule has 0 aliphatic heterocycles. The van der Waals surface area contributed by atoms with Crippen molar-refractivity contribution in [3.8, 4) is 0 Å². The van der Waals surface area contributed by atoms with E-state index in [1.165, 1.54) is 0 Å². The van der Waals surface area contributed by atoms with Gasteiger partial charge in [-0.1, -0.05) is 36.4 Å². The lowest BCUT2D eigenvalue weighted by atomic mass is 10.1. The third-order valence-electron chi connectivity index (χ3n) is 3.98. The molecule has 0 amide bonds. The minimum absolute atomic E-state index is 0.837. The SMILES string of the molecule is c1ccc(N(c2ccccc2)c2cc3nnc3c3nnc23)cc1. The Morgan fingerprint density at radius 1 is 0.565 bits per heavy atom. The summed E-state index contributed by atoms with van der Waals surface area (Å²) in [4.78, 5) is 2.17. The average molecular weight is 297 g/mol. The Labute approximate surface area is 131 Å². The van der Waals surface area contributed by atoms with Crippen LogP contribution in [0.3, 0.4) is 0 Å². The number of hydrogen-bond donors (Lipinski definition) is 0. The fraction of sp³-hybridized carbons (Fsp3) is 0. The number of nitrogens with zero attached hydrogens (tertiary/aromatic N) is 5. The number of anilines is 3. The second-order valence-corrected chi connectivity index (χ2v) is 5.37. The first-order valence-corrected chi connectivity index (χ1v) is 7.36. The first kappa shape index (κ1) is 12.2. The second kappa shape index (κ2) is 4.58. The summed E-state index contributed by atoms with van der Waals surface area (Å²) in [6.45, 7) is 0. The summed E-state index contributed by atoms with van der Waals surface area (Å²) in [6, 6.07) is 22.5. The topological polar surface area (TPSA) is 54.8 Å². The van der Waals surface area contributed by atoms with Crippen molar-refractivity contribution in [2.75, 3.05) is 4.90 Å². The summed E-state index contributed by atoms with van der Waals surface area (Å²) in [5.74, 6) is 0. The highest BCUT2D eigenvalue weighted by atomic mass is 15.2. The van der Waals surface area contributed by atoms with Crippen LogP contribution < -0.4 is 4.90 Å². The quantitative estimate of drug-likeness (QED) is 0.505. The zero-order valence-electron chi connectivity index (χ0n) is 12.1. The van der Waals surface area contributed by atoms with E-state index in [4.69, 9.17) is 0 Å². The highest BCUT2D eigenvalue weighted by Gasteiger charge is 2.22. The molecule has 2 heterocycles. The van der Waals surface area contributed by atoms with Gasteiger partial charge in [-0.05, 0) is 30.3 Å². The standard InChI is InChI=1S/C18H11N5/c1-3-7-12(8-4-1)23(13-9-5-2-6-10-13)15-11-14-16(20-19-14)18-17(15)21-22-18/h1-11H. The van der Waals surface area contributed by atoms with Gasteiger partial charge in [0, 0.05) is 11.4 Å². The van der Waals surface area contributed by atoms with Crippen molar-refractivity contribution in [3.05, 3.63) is 66.7 Å². The lowest BCUT2D eigenvalue weighted by Gasteiger charge is -2.26. The molecule has 3 aromatic carbocycles. The monoisotopic (exact) mass is 297 g/mol. The molecule has 0 radical (unpaired) electrons. The van der Waals surface area contributed by atoms with Crippen LogP contribution in [-0.4, -0.2) is 20.4 Å². The van der Waals surface area contributed by atoms with E-state index in [1.807, 2.05) is 42.5 Å². The fourth-order valence-electron chi connectivity index (χ4n) is 2.86. The van der Waals surface area contributed by atoms with Crippen LogP contribution in [0.2, 0.25) is 0 Å². The van der Waals surface area contributed by atoms with Gasteiger partial charge in [-0.15, -0.1) is 20.4 Å². The van der Waals surface area contributed by atoms with Crippen LogP contribution >= 0.6 is 0 Å². The maximum atomic E-state index is 4.22. The molecule has 5 heteroatoms. The summed E-state index contributed by atoms with van der Waals surface area (Å²) in [5, 5.41) is 16.5. The van der Waals surface area contributed by atoms with Crippen molar-refractivity contribution < 1.29 is 0 Å². The van der Waals surface area contributed by atoms with E-state index in [9.17, 15) is 0 Å². The van der Waals surface area contributed by atoms with Gasteiger partial charge in [0.25, 0.3) is 0 Å². The van der Waals surface area contributed by atoms with Crippen molar-refractivity contribution in [3.63, 3.8) is 0 Å². The van der Waals surface area contributed by atoms with E-state index >= 15 is 0 Å². The minimum Gasteiger partial charge on any atom is -0.308 e. The third kappa shape index (κ3) is 1.73. The Bertz CT molecular complexity index is 1020. The molecule has 5 rings (SSSR count). The minimum atomic E-state index is 0.837. The molecule has 2 aromatic heterocycles. The van der Waals surface area contributed by atoms with Crippen molar-refractivity contribution in [1.82, 2.24) is 20.4 Å². The molecular formula is C18H11N5. The molecule has 23 heavy (non-hydrogen) atoms. The van der Waals surface area contributed by atoms with E-state index in [1.54, 1.807) is 0 Å². The molecule has 0 fully saturated rings. The molecule has 108 valence electrons. The number of aromatic nitrogens is 4. The van der Waals surface area contributed by atoms with Crippen LogP contribution in [-0.2, 0) is 0 Å². The highest BCUT2D eigenvalue weighted by molar-refractivity contribution is 6.10. The first-order valence-electron chi connectivity index (χ1n) is 7.36. The van der Waals surface area contributed by atoms with Crippen molar-refractivity contribution in [2.24, 2.45) is 0 Å². The number of fused-ring (bicyclic) bond motifs is 3. The molecular weight excluding hydrogens is 286 g/mol. The number of rotatable bonds is 3. The van der Waals surface area contributed by atoms with E-state index in [0.29, 0.717) is 0 Å². The Kier molecular flexibility index (Phi) is 2.43. The van der Waals surface area contributed by atoms with Gasteiger partial charge in [0.1, 0.15) is 22.1 Å². The number of benzene rings is 3. The van der Waals surface area contributed by atoms with E-state index in [-0.39, 0.29) is 0 Å². The second-order valence-electron chi connectivity index (χ2n) is 5.37. The summed E-state index contributed by atoms with van der Waals surface area (Å²) in [5.41, 5.74) is 6.54. The maximum absolute atomic E-state index is 4.22. The van der Waals surface area contributed by atoms with Crippen LogP contribution in [0.5, 0.6) is 0 Å². The van der Waals surface area contributed by atoms with E-state index in [2.05, 4.69) is 49.6 Å². The zero-order valence-corrected chi connectivity index (χ0v) is 12.1. The Balaban J connectivity index is 1.78. The Hall–Kier alpha value is -3.34. The van der Waals surface area contributed by atoms with Gasteiger partial charge in [-0.3, -0.25) is 0 Å². The molecule has 5 aromatic rings.